The summed E-state index contributed by atoms with van der Waals surface area (Å²) in [6, 6.07) is 2.74. The number of rotatable bonds is 6. The molecule has 7 nitrogen and oxygen atoms in total. The summed E-state index contributed by atoms with van der Waals surface area (Å²) in [6.45, 7) is 0. The van der Waals surface area contributed by atoms with Crippen LogP contribution in [0.4, 0.5) is 26.3 Å². The monoisotopic (exact) mass is 658 g/mol. The van der Waals surface area contributed by atoms with Crippen molar-refractivity contribution in [3.8, 4) is 5.75 Å². The van der Waals surface area contributed by atoms with Gasteiger partial charge in [-0.25, -0.2) is 0 Å². The van der Waals surface area contributed by atoms with E-state index in [2.05, 4.69) is 52.5 Å². The Hall–Kier alpha value is -0.910. The van der Waals surface area contributed by atoms with Crippen molar-refractivity contribution in [2.45, 2.75) is 24.4 Å². The van der Waals surface area contributed by atoms with Crippen LogP contribution in [-0.4, -0.2) is 48.6 Å². The Kier molecular flexibility index (Phi) is 8.41. The number of halogens is 9. The first-order chi connectivity index (χ1) is 13.3. The van der Waals surface area contributed by atoms with Gasteiger partial charge in [0, 0.05) is 4.47 Å². The van der Waals surface area contributed by atoms with E-state index in [0.717, 1.165) is 0 Å². The first-order valence-corrected chi connectivity index (χ1v) is 10.9. The van der Waals surface area contributed by atoms with Gasteiger partial charge in [0.1, 0.15) is 12.2 Å². The second-order valence-electron chi connectivity index (χ2n) is 5.37. The summed E-state index contributed by atoms with van der Waals surface area (Å²) in [4.78, 5) is 23.4. The van der Waals surface area contributed by atoms with Crippen LogP contribution in [0.5, 0.6) is 5.75 Å². The van der Waals surface area contributed by atoms with E-state index in [1.165, 1.54) is 12.1 Å². The normalized spacial score (nSPS) is 13.1. The van der Waals surface area contributed by atoms with Crippen LogP contribution in [0.25, 0.3) is 0 Å². The van der Waals surface area contributed by atoms with Crippen molar-refractivity contribution in [2.24, 2.45) is 0 Å². The highest BCUT2D eigenvalue weighted by Gasteiger charge is 2.75. The van der Waals surface area contributed by atoms with Crippen molar-refractivity contribution in [1.29, 1.82) is 0 Å². The van der Waals surface area contributed by atoms with E-state index in [4.69, 9.17) is 9.29 Å². The molecule has 0 spiro atoms. The molecule has 1 N–H and O–H groups in total. The standard InChI is InChI=1S/C13H7Br3F6O7S/c14-5-1-6(15)10(7(16)2-5)28-8(23)3-9(24)29-11(12(17,18)19,13(20,21)22)4-30(25,26)27/h1-2H,3-4H2,(H,25,26,27). The van der Waals surface area contributed by atoms with Crippen molar-refractivity contribution in [2.75, 3.05) is 5.75 Å². The van der Waals surface area contributed by atoms with E-state index in [-0.39, 0.29) is 14.7 Å². The third-order valence-corrected chi connectivity index (χ3v) is 5.46. The zero-order valence-electron chi connectivity index (χ0n) is 13.8. The van der Waals surface area contributed by atoms with E-state index in [0.29, 0.717) is 4.47 Å². The summed E-state index contributed by atoms with van der Waals surface area (Å²) in [5.41, 5.74) is -5.61. The molecule has 30 heavy (non-hydrogen) atoms. The SMILES string of the molecule is O=C(CC(=O)OC(CS(=O)(=O)O)(C(F)(F)F)C(F)(F)F)Oc1c(Br)cc(Br)cc1Br. The predicted molar refractivity (Wildman–Crippen MR) is 97.1 cm³/mol. The van der Waals surface area contributed by atoms with Crippen LogP contribution in [0.1, 0.15) is 6.42 Å². The molecule has 0 amide bonds. The van der Waals surface area contributed by atoms with Gasteiger partial charge in [0.2, 0.25) is 0 Å². The maximum atomic E-state index is 13.1. The number of carbonyl (C=O) groups excluding carboxylic acids is 2. The zero-order valence-corrected chi connectivity index (χ0v) is 19.4. The molecule has 0 aliphatic carbocycles. The van der Waals surface area contributed by atoms with Crippen LogP contribution < -0.4 is 4.74 Å². The molecule has 0 aliphatic heterocycles. The molecule has 0 radical (unpaired) electrons. The molecule has 0 bridgehead atoms. The Bertz CT molecular complexity index is 909. The number of esters is 2. The Balaban J connectivity index is 3.15. The molecule has 170 valence electrons. The highest BCUT2D eigenvalue weighted by molar-refractivity contribution is 9.11. The van der Waals surface area contributed by atoms with Crippen molar-refractivity contribution in [3.05, 3.63) is 25.6 Å². The maximum Gasteiger partial charge on any atom is 0.438 e. The molecular weight excluding hydrogens is 654 g/mol. The fourth-order valence-corrected chi connectivity index (χ4v) is 5.17. The lowest BCUT2D eigenvalue weighted by Gasteiger charge is -2.35. The van der Waals surface area contributed by atoms with E-state index < -0.39 is 52.2 Å². The van der Waals surface area contributed by atoms with Crippen LogP contribution in [0.3, 0.4) is 0 Å². The summed E-state index contributed by atoms with van der Waals surface area (Å²) in [7, 11) is -5.94. The minimum Gasteiger partial charge on any atom is -0.438 e. The van der Waals surface area contributed by atoms with Gasteiger partial charge in [0.05, 0.1) is 8.95 Å². The smallest absolute Gasteiger partial charge is 0.438 e. The average Bonchev–Trinajstić information content (AvgIpc) is 2.46. The van der Waals surface area contributed by atoms with Crippen molar-refractivity contribution < 1.29 is 58.4 Å². The largest absolute Gasteiger partial charge is 0.438 e. The average molecular weight is 661 g/mol. The number of carbonyl (C=O) groups is 2. The first kappa shape index (κ1) is 27.1. The molecule has 0 aliphatic rings. The van der Waals surface area contributed by atoms with E-state index in [1.54, 1.807) is 0 Å². The number of hydrogen-bond acceptors (Lipinski definition) is 6. The van der Waals surface area contributed by atoms with Crippen LogP contribution in [0.2, 0.25) is 0 Å². The summed E-state index contributed by atoms with van der Waals surface area (Å²) >= 11 is 9.05. The molecule has 0 unspecified atom stereocenters. The van der Waals surface area contributed by atoms with Gasteiger partial charge in [-0.15, -0.1) is 0 Å². The lowest BCUT2D eigenvalue weighted by atomic mass is 10.1. The van der Waals surface area contributed by atoms with Crippen LogP contribution in [0, 0.1) is 0 Å². The fourth-order valence-electron chi connectivity index (χ4n) is 1.85. The van der Waals surface area contributed by atoms with Crippen LogP contribution in [0.15, 0.2) is 25.6 Å². The van der Waals surface area contributed by atoms with Gasteiger partial charge in [-0.05, 0) is 44.0 Å². The second-order valence-corrected chi connectivity index (χ2v) is 9.45. The maximum absolute atomic E-state index is 13.1. The van der Waals surface area contributed by atoms with E-state index in [9.17, 15) is 44.3 Å². The highest BCUT2D eigenvalue weighted by Crippen LogP contribution is 2.47. The minimum absolute atomic E-state index is 0.122. The fraction of sp³-hybridized carbons (Fsp3) is 0.385. The van der Waals surface area contributed by atoms with E-state index in [1.807, 2.05) is 0 Å². The summed E-state index contributed by atoms with van der Waals surface area (Å²) in [5.74, 6) is -7.33. The van der Waals surface area contributed by atoms with Gasteiger partial charge in [-0.2, -0.15) is 34.8 Å². The molecule has 1 aromatic carbocycles. The quantitative estimate of drug-likeness (QED) is 0.157. The van der Waals surface area contributed by atoms with Gasteiger partial charge < -0.3 is 9.47 Å². The molecule has 0 heterocycles. The zero-order chi connectivity index (χ0) is 23.7. The second kappa shape index (κ2) is 9.30. The number of alkyl halides is 6. The molecule has 0 fully saturated rings. The Morgan fingerprint density at radius 3 is 1.73 bits per heavy atom. The number of ether oxygens (including phenoxy) is 2. The number of hydrogen-bond donors (Lipinski definition) is 1. The molecule has 1 rings (SSSR count). The Morgan fingerprint density at radius 2 is 1.37 bits per heavy atom. The van der Waals surface area contributed by atoms with Gasteiger partial charge in [-0.3, -0.25) is 14.1 Å². The summed E-state index contributed by atoms with van der Waals surface area (Å²) in [5, 5.41) is 0. The van der Waals surface area contributed by atoms with Crippen molar-refractivity contribution >= 4 is 69.8 Å². The molecule has 0 aromatic heterocycles. The Labute approximate surface area is 189 Å². The molecule has 1 aromatic rings. The molecular formula is C13H7Br3F6O7S. The third kappa shape index (κ3) is 6.80. The van der Waals surface area contributed by atoms with E-state index >= 15 is 0 Å². The van der Waals surface area contributed by atoms with Crippen LogP contribution in [-0.2, 0) is 24.4 Å². The van der Waals surface area contributed by atoms with Crippen molar-refractivity contribution in [1.82, 2.24) is 0 Å². The van der Waals surface area contributed by atoms with Gasteiger partial charge in [0.15, 0.2) is 5.75 Å². The molecule has 0 saturated heterocycles. The lowest BCUT2D eigenvalue weighted by molar-refractivity contribution is -0.361. The van der Waals surface area contributed by atoms with Gasteiger partial charge in [-0.1, -0.05) is 15.9 Å². The summed E-state index contributed by atoms with van der Waals surface area (Å²) < 4.78 is 117. The van der Waals surface area contributed by atoms with Gasteiger partial charge >= 0.3 is 29.9 Å². The number of benzene rings is 1. The highest BCUT2D eigenvalue weighted by atomic mass is 79.9. The molecule has 0 saturated carbocycles. The summed E-state index contributed by atoms with van der Waals surface area (Å²) in [6.07, 6.45) is -14.7. The third-order valence-electron chi connectivity index (χ3n) is 3.06. The van der Waals surface area contributed by atoms with Gasteiger partial charge in [0.25, 0.3) is 10.1 Å². The lowest BCUT2D eigenvalue weighted by Crippen LogP contribution is -2.63. The predicted octanol–water partition coefficient (Wildman–Crippen LogP) is 4.56. The van der Waals surface area contributed by atoms with Crippen molar-refractivity contribution in [3.63, 3.8) is 0 Å². The molecule has 17 heteroatoms. The molecule has 0 atom stereocenters. The first-order valence-electron chi connectivity index (χ1n) is 6.95. The van der Waals surface area contributed by atoms with Crippen LogP contribution >= 0.6 is 47.8 Å². The topological polar surface area (TPSA) is 107 Å². The Morgan fingerprint density at radius 1 is 0.933 bits per heavy atom. The minimum atomic E-state index is -6.50.